The zero-order chi connectivity index (χ0) is 19.8. The largest absolute Gasteiger partial charge is 0.379 e. The lowest BCUT2D eigenvalue weighted by molar-refractivity contribution is -0.139. The maximum atomic E-state index is 13.3. The average molecular weight is 385 g/mol. The van der Waals surface area contributed by atoms with Gasteiger partial charge < -0.3 is 15.4 Å². The first-order valence-corrected chi connectivity index (χ1v) is 9.30. The van der Waals surface area contributed by atoms with Gasteiger partial charge in [0.15, 0.2) is 0 Å². The van der Waals surface area contributed by atoms with Crippen molar-refractivity contribution in [1.29, 1.82) is 0 Å². The van der Waals surface area contributed by atoms with Gasteiger partial charge in [0.05, 0.1) is 19.3 Å². The molecule has 1 saturated heterocycles. The smallest absolute Gasteiger partial charge is 0.309 e. The molecule has 1 atom stereocenters. The van der Waals surface area contributed by atoms with Gasteiger partial charge in [0.2, 0.25) is 0 Å². The summed E-state index contributed by atoms with van der Waals surface area (Å²) in [5.74, 6) is -1.67. The van der Waals surface area contributed by atoms with Crippen LogP contribution in [-0.4, -0.2) is 49.6 Å². The van der Waals surface area contributed by atoms with Gasteiger partial charge in [-0.25, -0.2) is 4.39 Å². The van der Waals surface area contributed by atoms with Crippen molar-refractivity contribution in [2.45, 2.75) is 12.6 Å². The van der Waals surface area contributed by atoms with Crippen LogP contribution in [0, 0.1) is 5.82 Å². The van der Waals surface area contributed by atoms with E-state index in [-0.39, 0.29) is 24.9 Å². The van der Waals surface area contributed by atoms with Crippen LogP contribution in [0.15, 0.2) is 54.6 Å². The molecule has 148 valence electrons. The summed E-state index contributed by atoms with van der Waals surface area (Å²) in [4.78, 5) is 26.5. The van der Waals surface area contributed by atoms with Gasteiger partial charge in [-0.1, -0.05) is 42.5 Å². The van der Waals surface area contributed by atoms with Gasteiger partial charge in [-0.05, 0) is 23.3 Å². The van der Waals surface area contributed by atoms with Crippen LogP contribution in [0.25, 0.3) is 0 Å². The van der Waals surface area contributed by atoms with Gasteiger partial charge in [-0.15, -0.1) is 0 Å². The Balaban J connectivity index is 1.58. The van der Waals surface area contributed by atoms with Crippen LogP contribution in [0.2, 0.25) is 0 Å². The molecule has 2 aromatic rings. The number of morpholine rings is 1. The molecule has 2 aromatic carbocycles. The third-order valence-corrected chi connectivity index (χ3v) is 4.70. The first-order valence-electron chi connectivity index (χ1n) is 9.30. The lowest BCUT2D eigenvalue weighted by Gasteiger charge is -2.34. The Morgan fingerprint density at radius 2 is 1.61 bits per heavy atom. The molecule has 1 heterocycles. The number of nitrogens with one attached hydrogen (secondary N) is 2. The second-order valence-corrected chi connectivity index (χ2v) is 6.59. The summed E-state index contributed by atoms with van der Waals surface area (Å²) in [6.45, 7) is 3.16. The van der Waals surface area contributed by atoms with E-state index in [1.54, 1.807) is 12.1 Å². The van der Waals surface area contributed by atoms with E-state index >= 15 is 0 Å². The predicted octanol–water partition coefficient (Wildman–Crippen LogP) is 1.63. The number of carbonyl (C=O) groups excluding carboxylic acids is 2. The Bertz CT molecular complexity index is 777. The monoisotopic (exact) mass is 385 g/mol. The number of benzene rings is 2. The van der Waals surface area contributed by atoms with Crippen molar-refractivity contribution < 1.29 is 18.7 Å². The fraction of sp³-hybridized carbons (Fsp3) is 0.333. The molecule has 6 nitrogen and oxygen atoms in total. The summed E-state index contributed by atoms with van der Waals surface area (Å²) in [6.07, 6.45) is 0. The fourth-order valence-electron chi connectivity index (χ4n) is 3.16. The minimum absolute atomic E-state index is 0.157. The van der Waals surface area contributed by atoms with Crippen LogP contribution in [0.3, 0.4) is 0 Å². The number of amides is 2. The van der Waals surface area contributed by atoms with Crippen LogP contribution in [0.1, 0.15) is 17.2 Å². The van der Waals surface area contributed by atoms with Crippen molar-refractivity contribution in [3.63, 3.8) is 0 Å². The normalized spacial score (nSPS) is 15.6. The molecule has 2 amide bonds. The first-order chi connectivity index (χ1) is 13.6. The Morgan fingerprint density at radius 1 is 0.964 bits per heavy atom. The number of hydrogen-bond acceptors (Lipinski definition) is 4. The molecule has 0 aromatic heterocycles. The summed E-state index contributed by atoms with van der Waals surface area (Å²) in [5.41, 5.74) is 1.80. The number of hydrogen-bond donors (Lipinski definition) is 2. The molecular formula is C21H24FN3O3. The van der Waals surface area contributed by atoms with Gasteiger partial charge in [-0.2, -0.15) is 0 Å². The summed E-state index contributed by atoms with van der Waals surface area (Å²) in [6, 6.07) is 15.4. The van der Waals surface area contributed by atoms with Crippen LogP contribution in [-0.2, 0) is 20.9 Å². The van der Waals surface area contributed by atoms with E-state index in [0.29, 0.717) is 26.3 Å². The van der Waals surface area contributed by atoms with Gasteiger partial charge in [0.25, 0.3) is 0 Å². The number of ether oxygens (including phenoxy) is 1. The van der Waals surface area contributed by atoms with Gasteiger partial charge >= 0.3 is 11.8 Å². The van der Waals surface area contributed by atoms with Crippen molar-refractivity contribution in [2.24, 2.45) is 0 Å². The van der Waals surface area contributed by atoms with E-state index in [2.05, 4.69) is 15.5 Å². The molecular weight excluding hydrogens is 361 g/mol. The molecule has 0 spiro atoms. The van der Waals surface area contributed by atoms with E-state index < -0.39 is 11.8 Å². The lowest BCUT2D eigenvalue weighted by Crippen LogP contribution is -2.46. The van der Waals surface area contributed by atoms with Gasteiger partial charge in [0, 0.05) is 26.2 Å². The molecule has 0 radical (unpaired) electrons. The second-order valence-electron chi connectivity index (χ2n) is 6.59. The molecule has 1 aliphatic heterocycles. The Kier molecular flexibility index (Phi) is 7.11. The molecule has 0 saturated carbocycles. The Hall–Kier alpha value is -2.77. The molecule has 1 fully saturated rings. The van der Waals surface area contributed by atoms with Gasteiger partial charge in [0.1, 0.15) is 5.82 Å². The van der Waals surface area contributed by atoms with Crippen molar-refractivity contribution in [3.8, 4) is 0 Å². The molecule has 0 unspecified atom stereocenters. The number of halogens is 1. The van der Waals surface area contributed by atoms with Crippen molar-refractivity contribution in [1.82, 2.24) is 15.5 Å². The van der Waals surface area contributed by atoms with Crippen LogP contribution < -0.4 is 10.6 Å². The molecule has 28 heavy (non-hydrogen) atoms. The third kappa shape index (κ3) is 5.61. The Morgan fingerprint density at radius 3 is 2.29 bits per heavy atom. The maximum absolute atomic E-state index is 13.3. The number of carbonyl (C=O) groups is 2. The molecule has 2 N–H and O–H groups in total. The van der Waals surface area contributed by atoms with Gasteiger partial charge in [-0.3, -0.25) is 14.5 Å². The first kappa shape index (κ1) is 20.0. The summed E-state index contributed by atoms with van der Waals surface area (Å²) in [7, 11) is 0. The molecule has 1 aliphatic rings. The molecule has 7 heteroatoms. The zero-order valence-corrected chi connectivity index (χ0v) is 15.6. The minimum Gasteiger partial charge on any atom is -0.379 e. The highest BCUT2D eigenvalue weighted by Gasteiger charge is 2.24. The van der Waals surface area contributed by atoms with E-state index in [1.165, 1.54) is 12.1 Å². The zero-order valence-electron chi connectivity index (χ0n) is 15.6. The van der Waals surface area contributed by atoms with Crippen molar-refractivity contribution >= 4 is 11.8 Å². The van der Waals surface area contributed by atoms with E-state index in [9.17, 15) is 14.0 Å². The Labute approximate surface area is 163 Å². The standard InChI is InChI=1S/C21H24FN3O3/c22-18-8-6-17(7-9-18)19(25-10-12-28-13-11-25)15-24-21(27)20(26)23-14-16-4-2-1-3-5-16/h1-9,19H,10-15H2,(H,23,26)(H,24,27)/t19-/m1/s1. The third-order valence-electron chi connectivity index (χ3n) is 4.70. The topological polar surface area (TPSA) is 70.7 Å². The summed E-state index contributed by atoms with van der Waals surface area (Å²) in [5, 5.41) is 5.32. The maximum Gasteiger partial charge on any atom is 0.309 e. The van der Waals surface area contributed by atoms with Crippen LogP contribution in [0.5, 0.6) is 0 Å². The molecule has 3 rings (SSSR count). The molecule has 0 bridgehead atoms. The predicted molar refractivity (Wildman–Crippen MR) is 103 cm³/mol. The molecule has 0 aliphatic carbocycles. The SMILES string of the molecule is O=C(NCc1ccccc1)C(=O)NC[C@H](c1ccc(F)cc1)N1CCOCC1. The van der Waals surface area contributed by atoms with E-state index in [4.69, 9.17) is 4.74 Å². The number of nitrogens with zero attached hydrogens (tertiary/aromatic N) is 1. The second kappa shape index (κ2) is 9.96. The van der Waals surface area contributed by atoms with Crippen molar-refractivity contribution in [3.05, 3.63) is 71.5 Å². The quantitative estimate of drug-likeness (QED) is 0.742. The van der Waals surface area contributed by atoms with Crippen LogP contribution in [0.4, 0.5) is 4.39 Å². The van der Waals surface area contributed by atoms with Crippen LogP contribution >= 0.6 is 0 Å². The van der Waals surface area contributed by atoms with E-state index in [1.807, 2.05) is 30.3 Å². The average Bonchev–Trinajstić information content (AvgIpc) is 2.74. The summed E-state index contributed by atoms with van der Waals surface area (Å²) < 4.78 is 18.7. The highest BCUT2D eigenvalue weighted by Crippen LogP contribution is 2.21. The lowest BCUT2D eigenvalue weighted by atomic mass is 10.0. The fourth-order valence-corrected chi connectivity index (χ4v) is 3.16. The number of rotatable bonds is 6. The highest BCUT2D eigenvalue weighted by atomic mass is 19.1. The summed E-state index contributed by atoms with van der Waals surface area (Å²) >= 11 is 0. The highest BCUT2D eigenvalue weighted by molar-refractivity contribution is 6.35. The minimum atomic E-state index is -0.684. The van der Waals surface area contributed by atoms with Crippen molar-refractivity contribution in [2.75, 3.05) is 32.8 Å². The van der Waals surface area contributed by atoms with E-state index in [0.717, 1.165) is 11.1 Å².